The van der Waals surface area contributed by atoms with Crippen molar-refractivity contribution in [1.29, 1.82) is 0 Å². The summed E-state index contributed by atoms with van der Waals surface area (Å²) in [6.45, 7) is 14.1. The minimum Gasteiger partial charge on any atom is -0.465 e. The van der Waals surface area contributed by atoms with Crippen LogP contribution < -0.4 is 5.56 Å². The van der Waals surface area contributed by atoms with Crippen LogP contribution in [0.4, 0.5) is 4.79 Å². The Morgan fingerprint density at radius 1 is 0.762 bits per heavy atom. The summed E-state index contributed by atoms with van der Waals surface area (Å²) in [5, 5.41) is 0.735. The molecule has 2 unspecified atom stereocenters. The molecule has 1 aromatic heterocycles. The maximum atomic E-state index is 11.7. The third-order valence-electron chi connectivity index (χ3n) is 8.56. The predicted molar refractivity (Wildman–Crippen MR) is 270 cm³/mol. The van der Waals surface area contributed by atoms with Gasteiger partial charge in [0.05, 0.1) is 30.5 Å². The monoisotopic (exact) mass is 968 g/mol. The molecule has 0 radical (unpaired) electrons. The van der Waals surface area contributed by atoms with E-state index >= 15 is 0 Å². The van der Waals surface area contributed by atoms with Gasteiger partial charge >= 0.3 is 29.2 Å². The Bertz CT molecular complexity index is 1620. The van der Waals surface area contributed by atoms with Crippen molar-refractivity contribution < 1.29 is 47.7 Å². The van der Waals surface area contributed by atoms with Crippen LogP contribution in [0.25, 0.3) is 0 Å². The number of carbonyl (C=O) groups excluding carboxylic acids is 5. The molecule has 3 rings (SSSR count). The molecule has 0 spiro atoms. The smallest absolute Gasteiger partial charge is 0.372 e. The number of aromatic amines is 2. The molecule has 368 valence electrons. The van der Waals surface area contributed by atoms with Gasteiger partial charge < -0.3 is 28.7 Å². The van der Waals surface area contributed by atoms with Crippen LogP contribution in [0.15, 0.2) is 46.2 Å². The van der Waals surface area contributed by atoms with Gasteiger partial charge in [-0.1, -0.05) is 97.4 Å². The number of thioether (sulfide) groups is 3. The number of esters is 4. The quantitative estimate of drug-likeness (QED) is 0.0446. The van der Waals surface area contributed by atoms with Crippen molar-refractivity contribution in [2.45, 2.75) is 149 Å². The topological polar surface area (TPSA) is 180 Å². The first-order valence-corrected chi connectivity index (χ1v) is 22.8. The van der Waals surface area contributed by atoms with Gasteiger partial charge in [-0.05, 0) is 94.9 Å². The van der Waals surface area contributed by atoms with E-state index in [-0.39, 0.29) is 111 Å². The van der Waals surface area contributed by atoms with Crippen LogP contribution in [0.2, 0.25) is 0 Å². The van der Waals surface area contributed by atoms with Crippen molar-refractivity contribution in [1.82, 2.24) is 9.97 Å². The molecule has 1 aromatic carbocycles. The summed E-state index contributed by atoms with van der Waals surface area (Å²) in [5.41, 5.74) is -1.16. The number of unbranched alkanes of at least 4 members (excludes halogenated alkanes) is 3. The van der Waals surface area contributed by atoms with E-state index in [9.17, 15) is 28.8 Å². The molecule has 0 amide bonds. The van der Waals surface area contributed by atoms with Gasteiger partial charge in [-0.15, -0.1) is 23.5 Å². The molecule has 1 saturated heterocycles. The lowest BCUT2D eigenvalue weighted by Crippen LogP contribution is -2.28. The Morgan fingerprint density at radius 2 is 1.29 bits per heavy atom. The zero-order valence-corrected chi connectivity index (χ0v) is 37.5. The largest absolute Gasteiger partial charge is 0.465 e. The number of hydrogen-bond acceptors (Lipinski definition) is 15. The van der Waals surface area contributed by atoms with E-state index in [1.807, 2.05) is 102 Å². The third-order valence-corrected chi connectivity index (χ3v) is 12.1. The van der Waals surface area contributed by atoms with Gasteiger partial charge in [0.25, 0.3) is 5.56 Å². The normalized spacial score (nSPS) is 12.3. The first kappa shape index (κ1) is 71.4. The number of benzene rings is 1. The lowest BCUT2D eigenvalue weighted by molar-refractivity contribution is -0.155. The number of H-pyrrole nitrogens is 2. The first-order valence-electron chi connectivity index (χ1n) is 19.2. The van der Waals surface area contributed by atoms with Crippen molar-refractivity contribution in [3.05, 3.63) is 57.2 Å². The first-order chi connectivity index (χ1) is 27.1. The van der Waals surface area contributed by atoms with Crippen LogP contribution in [0, 0.1) is 22.0 Å². The number of rotatable bonds is 19. The van der Waals surface area contributed by atoms with Crippen LogP contribution in [-0.2, 0) is 38.1 Å². The zero-order chi connectivity index (χ0) is 42.6. The van der Waals surface area contributed by atoms with Gasteiger partial charge in [-0.3, -0.25) is 24.2 Å². The average molecular weight is 969 g/mol. The Morgan fingerprint density at radius 3 is 1.81 bits per heavy atom. The predicted octanol–water partition coefficient (Wildman–Crippen LogP) is 12.8. The second-order valence-corrected chi connectivity index (χ2v) is 17.5. The molecule has 1 fully saturated rings. The Kier molecular flexibility index (Phi) is 46.9. The Hall–Kier alpha value is -3.28. The van der Waals surface area contributed by atoms with Crippen LogP contribution in [0.1, 0.15) is 148 Å². The Labute approximate surface area is 398 Å². The molecule has 2 heterocycles. The fourth-order valence-electron chi connectivity index (χ4n) is 4.04. The average Bonchev–Trinajstić information content (AvgIpc) is 3.20. The molecule has 2 atom stereocenters. The summed E-state index contributed by atoms with van der Waals surface area (Å²) >= 11 is 9.46. The van der Waals surface area contributed by atoms with Gasteiger partial charge in [-0.25, -0.2) is 9.59 Å². The number of nitrogens with one attached hydrogen (secondary N) is 2. The van der Waals surface area contributed by atoms with Crippen molar-refractivity contribution in [2.24, 2.45) is 17.3 Å². The molecular formula is C46H84N2O11S4. The fourth-order valence-corrected chi connectivity index (χ4v) is 7.11. The third kappa shape index (κ3) is 32.1. The van der Waals surface area contributed by atoms with E-state index in [1.54, 1.807) is 0 Å². The summed E-state index contributed by atoms with van der Waals surface area (Å²) in [7, 11) is 0. The molecule has 2 aromatic rings. The van der Waals surface area contributed by atoms with Gasteiger partial charge in [0, 0.05) is 27.7 Å². The summed E-state index contributed by atoms with van der Waals surface area (Å²) in [4.78, 5) is 75.0. The highest BCUT2D eigenvalue weighted by Gasteiger charge is 2.27. The number of aromatic nitrogens is 2. The molecule has 63 heavy (non-hydrogen) atoms. The Balaban J connectivity index is -0.000000191. The van der Waals surface area contributed by atoms with Crippen LogP contribution >= 0.6 is 47.5 Å². The van der Waals surface area contributed by atoms with E-state index < -0.39 is 22.2 Å². The number of ether oxygens (including phenoxy) is 5. The van der Waals surface area contributed by atoms with Crippen LogP contribution in [0.3, 0.4) is 0 Å². The highest BCUT2D eigenvalue weighted by Crippen LogP contribution is 2.24. The lowest BCUT2D eigenvalue weighted by atomic mass is 9.91. The molecule has 13 nitrogen and oxygen atoms in total. The van der Waals surface area contributed by atoms with Gasteiger partial charge in [0.2, 0.25) is 0 Å². The highest BCUT2D eigenvalue weighted by atomic mass is 32.2. The van der Waals surface area contributed by atoms with E-state index in [0.29, 0.717) is 19.4 Å². The van der Waals surface area contributed by atoms with E-state index in [1.165, 1.54) is 6.20 Å². The number of hydrogen-bond donors (Lipinski definition) is 2. The molecule has 2 N–H and O–H groups in total. The molecule has 1 aliphatic rings. The van der Waals surface area contributed by atoms with Gasteiger partial charge in [0.1, 0.15) is 24.9 Å². The maximum absolute atomic E-state index is 11.7. The van der Waals surface area contributed by atoms with Crippen LogP contribution in [-0.4, -0.2) is 88.3 Å². The van der Waals surface area contributed by atoms with Gasteiger partial charge in [0.15, 0.2) is 4.77 Å². The minimum atomic E-state index is -0.676. The van der Waals surface area contributed by atoms with Crippen molar-refractivity contribution in [3.63, 3.8) is 0 Å². The van der Waals surface area contributed by atoms with E-state index in [4.69, 9.17) is 35.9 Å². The van der Waals surface area contributed by atoms with Crippen molar-refractivity contribution >= 4 is 76.7 Å². The second kappa shape index (κ2) is 41.4. The van der Waals surface area contributed by atoms with E-state index in [2.05, 4.69) is 9.97 Å². The standard InChI is InChI=1S/C16H24N2O5S.C15H20O4S.C9H16O2S2.6CH4/c1-3-11(2)14(20)22-8-6-4-5-7-9-23-15(21)12-10-17-16(24)18-13(12)19;1-4-15(2,3)13(16)18-10-11-19-14(17)20-12-8-6-5-7-9-12;1-3-7(2)9(10)11-8-4-12-6-13-5-8;;;;;;/h10-11H,3-9H2,1-2H3,(H2,17,18,19,24);5-9H,4,10-11H2,1-3H3;7-8H,3-6H2,1-2H3;6*1H4. The summed E-state index contributed by atoms with van der Waals surface area (Å²) in [6, 6.07) is 9.24. The van der Waals surface area contributed by atoms with Gasteiger partial charge in [-0.2, -0.15) is 0 Å². The second-order valence-electron chi connectivity index (χ2n) is 13.6. The zero-order valence-electron chi connectivity index (χ0n) is 34.2. The summed E-state index contributed by atoms with van der Waals surface area (Å²) < 4.78 is 25.8. The fraction of sp³-hybridized carbons (Fsp3) is 0.674. The molecule has 17 heteroatoms. The number of carbonyl (C=O) groups is 5. The van der Waals surface area contributed by atoms with Crippen molar-refractivity contribution in [3.8, 4) is 0 Å². The maximum Gasteiger partial charge on any atom is 0.372 e. The molecule has 0 aliphatic carbocycles. The summed E-state index contributed by atoms with van der Waals surface area (Å²) in [6.07, 6.45) is 6.93. The highest BCUT2D eigenvalue weighted by molar-refractivity contribution is 8.16. The lowest BCUT2D eigenvalue weighted by Gasteiger charge is -2.22. The minimum absolute atomic E-state index is 0. The van der Waals surface area contributed by atoms with Crippen LogP contribution in [0.5, 0.6) is 0 Å². The molecule has 0 saturated carbocycles. The summed E-state index contributed by atoms with van der Waals surface area (Å²) in [5.74, 6) is 0.798. The SMILES string of the molecule is C.C.C.C.C.C.CCC(C)(C)C(=O)OCCOC(=O)Sc1ccccc1.CCC(C)C(=O)OC1CSCSC1.CCC(C)C(=O)OCCCCCCOC(=O)c1c[nH]c(=S)[nH]c1=O. The molecule has 0 bridgehead atoms. The van der Waals surface area contributed by atoms with E-state index in [0.717, 1.165) is 65.4 Å². The van der Waals surface area contributed by atoms with Crippen molar-refractivity contribution in [2.75, 3.05) is 43.0 Å². The molecular weight excluding hydrogens is 885 g/mol. The molecule has 1 aliphatic heterocycles.